The summed E-state index contributed by atoms with van der Waals surface area (Å²) in [5, 5.41) is 36.7. The molecule has 1 heterocycles. The van der Waals surface area contributed by atoms with E-state index in [1.54, 1.807) is 58.2 Å². The molecule has 3 aromatic carbocycles. The van der Waals surface area contributed by atoms with Crippen LogP contribution in [-0.2, 0) is 44.8 Å². The highest BCUT2D eigenvalue weighted by Crippen LogP contribution is 2.29. The van der Waals surface area contributed by atoms with Gasteiger partial charge in [-0.3, -0.25) is 33.6 Å². The number of carboxylic acids is 2. The standard InChI is InChI=1S/C50H66N8O10/c1-6-30(4)43(48(65)54-37(23-15-16-24-51)45(62)57-40(50(67)68)26-34-28-52-36-22-14-13-21-35(34)36)58-47(64)39(27-41(60)61)55-46(63)38(25-29(2)3)56-49(66)44(53-31(5)59)42(32-17-9-7-10-18-32)33-19-11-8-12-20-33/h7-14,17-22,28-30,37-40,42-44,52H,6,15-16,23-27,51H2,1-5H3,(H,53,59)(H,54,65)(H,55,63)(H,56,66)(H,57,62)(H,58,64)(H,60,61)(H,67,68)/t30-,37-,38-,39-,40-,43-,44+/m0/s1. The first-order valence-electron chi connectivity index (χ1n) is 23.0. The summed E-state index contributed by atoms with van der Waals surface area (Å²) >= 11 is 0. The average Bonchev–Trinajstić information content (AvgIpc) is 3.71. The zero-order chi connectivity index (χ0) is 49.9. The molecule has 68 heavy (non-hydrogen) atoms. The lowest BCUT2D eigenvalue weighted by Gasteiger charge is -2.31. The normalized spacial score (nSPS) is 14.4. The highest BCUT2D eigenvalue weighted by molar-refractivity contribution is 5.98. The summed E-state index contributed by atoms with van der Waals surface area (Å²) < 4.78 is 0. The van der Waals surface area contributed by atoms with Crippen molar-refractivity contribution in [1.82, 2.24) is 36.9 Å². The van der Waals surface area contributed by atoms with Crippen LogP contribution in [0.25, 0.3) is 10.9 Å². The van der Waals surface area contributed by atoms with E-state index in [-0.39, 0.29) is 25.2 Å². The van der Waals surface area contributed by atoms with Crippen molar-refractivity contribution in [3.63, 3.8) is 0 Å². The van der Waals surface area contributed by atoms with E-state index in [1.807, 2.05) is 60.7 Å². The van der Waals surface area contributed by atoms with E-state index in [4.69, 9.17) is 5.73 Å². The highest BCUT2D eigenvalue weighted by Gasteiger charge is 2.37. The number of carboxylic acid groups (broad SMARTS) is 2. The summed E-state index contributed by atoms with van der Waals surface area (Å²) in [4.78, 5) is 111. The van der Waals surface area contributed by atoms with Crippen LogP contribution in [0.5, 0.6) is 0 Å². The molecule has 0 bridgehead atoms. The van der Waals surface area contributed by atoms with E-state index < -0.39 is 102 Å². The number of aromatic nitrogens is 1. The Morgan fingerprint density at radius 2 is 1.15 bits per heavy atom. The van der Waals surface area contributed by atoms with Gasteiger partial charge in [-0.05, 0) is 66.8 Å². The van der Waals surface area contributed by atoms with Crippen LogP contribution in [0.1, 0.15) is 95.8 Å². The third-order valence-electron chi connectivity index (χ3n) is 11.7. The number of aliphatic carboxylic acids is 2. The molecule has 0 aliphatic carbocycles. The van der Waals surface area contributed by atoms with E-state index in [0.29, 0.717) is 42.5 Å². The molecule has 1 aromatic heterocycles. The first-order chi connectivity index (χ1) is 32.4. The second-order valence-corrected chi connectivity index (χ2v) is 17.5. The third-order valence-corrected chi connectivity index (χ3v) is 11.7. The second kappa shape index (κ2) is 26.3. The molecule has 6 amide bonds. The van der Waals surface area contributed by atoms with Crippen LogP contribution in [-0.4, -0.2) is 105 Å². The first kappa shape index (κ1) is 53.5. The minimum Gasteiger partial charge on any atom is -0.481 e. The SMILES string of the molecule is CC[C@H](C)[C@H](NC(=O)[C@H](CC(=O)O)NC(=O)[C@H](CC(C)C)NC(=O)[C@H](NC(C)=O)C(c1ccccc1)c1ccccc1)C(=O)N[C@@H](CCCCN)C(=O)N[C@@H](Cc1c[nH]c2ccccc12)C(=O)O. The number of rotatable bonds is 27. The second-order valence-electron chi connectivity index (χ2n) is 17.5. The number of nitrogens with one attached hydrogen (secondary N) is 7. The number of hydrogen-bond donors (Lipinski definition) is 10. The Morgan fingerprint density at radius 3 is 1.71 bits per heavy atom. The van der Waals surface area contributed by atoms with Crippen molar-refractivity contribution in [3.8, 4) is 0 Å². The van der Waals surface area contributed by atoms with E-state index in [2.05, 4.69) is 36.9 Å². The summed E-state index contributed by atoms with van der Waals surface area (Å²) in [6.45, 7) is 8.60. The predicted octanol–water partition coefficient (Wildman–Crippen LogP) is 3.25. The Hall–Kier alpha value is -7.08. The fourth-order valence-electron chi connectivity index (χ4n) is 8.01. The first-order valence-corrected chi connectivity index (χ1v) is 23.0. The monoisotopic (exact) mass is 938 g/mol. The number of hydrogen-bond acceptors (Lipinski definition) is 9. The smallest absolute Gasteiger partial charge is 0.326 e. The van der Waals surface area contributed by atoms with Gasteiger partial charge in [0.05, 0.1) is 6.42 Å². The largest absolute Gasteiger partial charge is 0.481 e. The lowest BCUT2D eigenvalue weighted by molar-refractivity contribution is -0.142. The number of benzene rings is 3. The molecule has 0 fully saturated rings. The molecule has 4 aromatic rings. The summed E-state index contributed by atoms with van der Waals surface area (Å²) in [5.41, 5.74) is 8.59. The molecule has 0 aliphatic heterocycles. The fraction of sp³-hybridized carbons (Fsp3) is 0.440. The number of amides is 6. The van der Waals surface area contributed by atoms with Crippen molar-refractivity contribution >= 4 is 58.3 Å². The van der Waals surface area contributed by atoms with Crippen molar-refractivity contribution in [3.05, 3.63) is 108 Å². The molecule has 0 saturated heterocycles. The fourth-order valence-corrected chi connectivity index (χ4v) is 8.01. The van der Waals surface area contributed by atoms with Gasteiger partial charge in [0.25, 0.3) is 0 Å². The molecule has 18 nitrogen and oxygen atoms in total. The molecule has 0 spiro atoms. The van der Waals surface area contributed by atoms with Crippen LogP contribution in [0.3, 0.4) is 0 Å². The number of para-hydroxylation sites is 1. The molecule has 18 heteroatoms. The topological polar surface area (TPSA) is 291 Å². The predicted molar refractivity (Wildman–Crippen MR) is 256 cm³/mol. The Balaban J connectivity index is 1.56. The number of aromatic amines is 1. The third kappa shape index (κ3) is 15.8. The minimum absolute atomic E-state index is 0.0587. The van der Waals surface area contributed by atoms with Gasteiger partial charge in [-0.2, -0.15) is 0 Å². The summed E-state index contributed by atoms with van der Waals surface area (Å²) in [6, 6.07) is 17.2. The number of H-pyrrole nitrogens is 1. The van der Waals surface area contributed by atoms with Crippen molar-refractivity contribution in [2.45, 2.75) is 122 Å². The minimum atomic E-state index is -1.73. The molecule has 11 N–H and O–H groups in total. The van der Waals surface area contributed by atoms with Crippen LogP contribution in [0.4, 0.5) is 0 Å². The van der Waals surface area contributed by atoms with E-state index in [9.17, 15) is 48.6 Å². The molecular formula is C50H66N8O10. The molecule has 7 atom stereocenters. The van der Waals surface area contributed by atoms with Crippen LogP contribution in [0, 0.1) is 11.8 Å². The molecule has 0 unspecified atom stereocenters. The van der Waals surface area contributed by atoms with Gasteiger partial charge in [0.2, 0.25) is 35.4 Å². The lowest BCUT2D eigenvalue weighted by atomic mass is 9.84. The number of unbranched alkanes of at least 4 members (excludes halogenated alkanes) is 1. The Bertz CT molecular complexity index is 2300. The summed E-state index contributed by atoms with van der Waals surface area (Å²) in [7, 11) is 0. The van der Waals surface area contributed by atoms with Gasteiger partial charge < -0.3 is 52.8 Å². The molecule has 366 valence electrons. The molecular weight excluding hydrogens is 873 g/mol. The Morgan fingerprint density at radius 1 is 0.618 bits per heavy atom. The van der Waals surface area contributed by atoms with Gasteiger partial charge >= 0.3 is 11.9 Å². The molecule has 4 rings (SSSR count). The quantitative estimate of drug-likeness (QED) is 0.0387. The van der Waals surface area contributed by atoms with Gasteiger partial charge in [-0.15, -0.1) is 0 Å². The van der Waals surface area contributed by atoms with Gasteiger partial charge in [0, 0.05) is 36.4 Å². The molecule has 0 radical (unpaired) electrons. The van der Waals surface area contributed by atoms with Crippen LogP contribution < -0.4 is 37.6 Å². The average molecular weight is 939 g/mol. The number of fused-ring (bicyclic) bond motifs is 1. The summed E-state index contributed by atoms with van der Waals surface area (Å²) in [5.74, 6) is -8.88. The molecule has 0 saturated carbocycles. The van der Waals surface area contributed by atoms with Gasteiger partial charge in [-0.25, -0.2) is 4.79 Å². The maximum Gasteiger partial charge on any atom is 0.326 e. The number of carbonyl (C=O) groups is 8. The van der Waals surface area contributed by atoms with Crippen LogP contribution in [0.15, 0.2) is 91.1 Å². The number of nitrogens with two attached hydrogens (primary N) is 1. The number of carbonyl (C=O) groups excluding carboxylic acids is 6. The highest BCUT2D eigenvalue weighted by atomic mass is 16.4. The van der Waals surface area contributed by atoms with E-state index in [0.717, 1.165) is 10.9 Å². The Kier molecular flexibility index (Phi) is 20.7. The zero-order valence-corrected chi connectivity index (χ0v) is 39.3. The zero-order valence-electron chi connectivity index (χ0n) is 39.3. The van der Waals surface area contributed by atoms with Crippen LogP contribution in [0.2, 0.25) is 0 Å². The summed E-state index contributed by atoms with van der Waals surface area (Å²) in [6.07, 6.45) is 2.08. The van der Waals surface area contributed by atoms with Crippen LogP contribution >= 0.6 is 0 Å². The van der Waals surface area contributed by atoms with E-state index >= 15 is 0 Å². The van der Waals surface area contributed by atoms with Crippen molar-refractivity contribution in [1.29, 1.82) is 0 Å². The van der Waals surface area contributed by atoms with Crippen molar-refractivity contribution < 1.29 is 48.6 Å². The maximum atomic E-state index is 14.3. The van der Waals surface area contributed by atoms with E-state index in [1.165, 1.54) is 6.92 Å². The van der Waals surface area contributed by atoms with Gasteiger partial charge in [-0.1, -0.05) is 113 Å². The molecule has 0 aliphatic rings. The van der Waals surface area contributed by atoms with Gasteiger partial charge in [0.1, 0.15) is 36.3 Å². The van der Waals surface area contributed by atoms with Gasteiger partial charge in [0.15, 0.2) is 0 Å². The Labute approximate surface area is 396 Å². The maximum absolute atomic E-state index is 14.3. The van der Waals surface area contributed by atoms with Crippen molar-refractivity contribution in [2.24, 2.45) is 17.6 Å². The van der Waals surface area contributed by atoms with Crippen molar-refractivity contribution in [2.75, 3.05) is 6.54 Å². The lowest BCUT2D eigenvalue weighted by Crippen LogP contribution is -2.61.